The van der Waals surface area contributed by atoms with Gasteiger partial charge in [0.1, 0.15) is 46.0 Å². The summed E-state index contributed by atoms with van der Waals surface area (Å²) in [6, 6.07) is 52.3. The maximum Gasteiger partial charge on any atom is 0.611 e. The van der Waals surface area contributed by atoms with Crippen LogP contribution in [-0.4, -0.2) is 26.6 Å². The Morgan fingerprint density at radius 2 is 0.435 bits per heavy atom. The molecule has 0 amide bonds. The largest absolute Gasteiger partial charge is 0.611 e. The third-order valence-electron chi connectivity index (χ3n) is 12.3. The highest BCUT2D eigenvalue weighted by atomic mass is 17.0. The molecular weight excluding hydrogens is 861 g/mol. The predicted molar refractivity (Wildman–Crippen MR) is 276 cm³/mol. The molecule has 0 aliphatic heterocycles. The molecule has 352 valence electrons. The van der Waals surface area contributed by atoms with Crippen molar-refractivity contribution in [2.75, 3.05) is 0 Å². The highest BCUT2D eigenvalue weighted by Crippen LogP contribution is 2.43. The fourth-order valence-electron chi connectivity index (χ4n) is 8.37. The van der Waals surface area contributed by atoms with Crippen molar-refractivity contribution in [2.24, 2.45) is 0 Å². The third kappa shape index (κ3) is 11.0. The van der Waals surface area contributed by atoms with Crippen LogP contribution in [0.25, 0.3) is 44.5 Å². The highest BCUT2D eigenvalue weighted by molar-refractivity contribution is 5.70. The zero-order valence-electron chi connectivity index (χ0n) is 40.4. The van der Waals surface area contributed by atoms with Gasteiger partial charge in [-0.25, -0.2) is 0 Å². The van der Waals surface area contributed by atoms with E-state index in [0.717, 1.165) is 66.8 Å². The normalized spacial score (nSPS) is 11.7. The molecule has 0 saturated heterocycles. The number of phenolic OH excluding ortho intramolecular Hbond substituents is 4. The van der Waals surface area contributed by atoms with Gasteiger partial charge < -0.3 is 39.4 Å². The zero-order valence-corrected chi connectivity index (χ0v) is 40.4. The summed E-state index contributed by atoms with van der Waals surface area (Å²) in [6.45, 7) is 16.8. The number of ether oxygens (including phenoxy) is 4. The van der Waals surface area contributed by atoms with Gasteiger partial charge in [-0.15, -0.1) is 0 Å². The minimum atomic E-state index is -2.32. The molecule has 0 atom stereocenters. The van der Waals surface area contributed by atoms with Crippen LogP contribution in [0.5, 0.6) is 46.0 Å². The van der Waals surface area contributed by atoms with Gasteiger partial charge in [0.15, 0.2) is 0 Å². The first-order chi connectivity index (χ1) is 33.0. The Kier molecular flexibility index (Phi) is 13.9. The van der Waals surface area contributed by atoms with Gasteiger partial charge in [0, 0.05) is 0 Å². The van der Waals surface area contributed by atoms with Crippen molar-refractivity contribution in [1.29, 1.82) is 0 Å². The van der Waals surface area contributed by atoms with Gasteiger partial charge >= 0.3 is 6.16 Å². The van der Waals surface area contributed by atoms with Gasteiger partial charge in [-0.1, -0.05) is 128 Å². The molecule has 0 heterocycles. The smallest absolute Gasteiger partial charge is 0.508 e. The Balaban J connectivity index is 1.36. The van der Waals surface area contributed by atoms with Crippen molar-refractivity contribution >= 4 is 0 Å². The molecule has 0 unspecified atom stereocenters. The van der Waals surface area contributed by atoms with Crippen molar-refractivity contribution in [2.45, 2.75) is 85.2 Å². The van der Waals surface area contributed by atoms with Crippen molar-refractivity contribution in [3.63, 3.8) is 0 Å². The summed E-state index contributed by atoms with van der Waals surface area (Å²) in [5.41, 5.74) is 10.9. The molecule has 0 radical (unpaired) electrons. The van der Waals surface area contributed by atoms with E-state index in [0.29, 0.717) is 23.0 Å². The van der Waals surface area contributed by atoms with Crippen LogP contribution in [0.15, 0.2) is 170 Å². The molecule has 8 nitrogen and oxygen atoms in total. The lowest BCUT2D eigenvalue weighted by Crippen LogP contribution is -2.54. The summed E-state index contributed by atoms with van der Waals surface area (Å²) in [6.07, 6.45) is -2.32. The monoisotopic (exact) mass is 920 g/mol. The highest BCUT2D eigenvalue weighted by Gasteiger charge is 2.46. The van der Waals surface area contributed by atoms with Crippen LogP contribution < -0.4 is 18.9 Å². The predicted octanol–water partition coefficient (Wildman–Crippen LogP) is 15.9. The minimum absolute atomic E-state index is 0.0304. The van der Waals surface area contributed by atoms with E-state index in [1.54, 1.807) is 48.5 Å². The first-order valence-electron chi connectivity index (χ1n) is 23.5. The molecule has 0 bridgehead atoms. The number of aromatic hydroxyl groups is 4. The molecule has 4 N–H and O–H groups in total. The van der Waals surface area contributed by atoms with Crippen molar-refractivity contribution in [3.8, 4) is 90.5 Å². The summed E-state index contributed by atoms with van der Waals surface area (Å²) >= 11 is 0. The van der Waals surface area contributed by atoms with Crippen LogP contribution in [0.2, 0.25) is 0 Å². The Morgan fingerprint density at radius 1 is 0.261 bits per heavy atom. The van der Waals surface area contributed by atoms with Crippen molar-refractivity contribution in [3.05, 3.63) is 192 Å². The first kappa shape index (κ1) is 47.6. The number of hydrogen-bond donors (Lipinski definition) is 4. The second-order valence-electron chi connectivity index (χ2n) is 18.7. The summed E-state index contributed by atoms with van der Waals surface area (Å²) in [7, 11) is 0. The number of phenols is 4. The van der Waals surface area contributed by atoms with Crippen LogP contribution >= 0.6 is 0 Å². The second-order valence-corrected chi connectivity index (χ2v) is 18.7. The second kappa shape index (κ2) is 20.2. The lowest BCUT2D eigenvalue weighted by molar-refractivity contribution is -0.368. The summed E-state index contributed by atoms with van der Waals surface area (Å²) in [4.78, 5) is 0. The fourth-order valence-corrected chi connectivity index (χ4v) is 8.37. The molecule has 0 aliphatic rings. The molecule has 0 spiro atoms. The minimum Gasteiger partial charge on any atom is -0.508 e. The summed E-state index contributed by atoms with van der Waals surface area (Å²) < 4.78 is 29.3. The van der Waals surface area contributed by atoms with Crippen molar-refractivity contribution < 1.29 is 39.4 Å². The average molecular weight is 921 g/mol. The molecule has 8 heteroatoms. The molecule has 8 aromatic carbocycles. The quantitative estimate of drug-likeness (QED) is 0.0708. The molecule has 0 saturated carbocycles. The first-order valence-corrected chi connectivity index (χ1v) is 23.5. The van der Waals surface area contributed by atoms with Gasteiger partial charge in [0.25, 0.3) is 0 Å². The molecule has 8 aromatic rings. The molecule has 0 aromatic heterocycles. The third-order valence-corrected chi connectivity index (χ3v) is 12.3. The van der Waals surface area contributed by atoms with E-state index in [1.165, 1.54) is 0 Å². The maximum atomic E-state index is 10.1. The van der Waals surface area contributed by atoms with Crippen molar-refractivity contribution in [1.82, 2.24) is 0 Å². The Bertz CT molecular complexity index is 2610. The maximum absolute atomic E-state index is 10.1. The summed E-state index contributed by atoms with van der Waals surface area (Å²) in [5, 5.41) is 40.4. The van der Waals surface area contributed by atoms with Gasteiger partial charge in [0.2, 0.25) is 0 Å². The van der Waals surface area contributed by atoms with Gasteiger partial charge in [-0.05, 0) is 187 Å². The molecule has 69 heavy (non-hydrogen) atoms. The van der Waals surface area contributed by atoms with E-state index in [1.807, 2.05) is 97.1 Å². The van der Waals surface area contributed by atoms with E-state index in [9.17, 15) is 20.4 Å². The number of hydrogen-bond acceptors (Lipinski definition) is 8. The van der Waals surface area contributed by atoms with Gasteiger partial charge in [-0.2, -0.15) is 0 Å². The Labute approximate surface area is 405 Å². The van der Waals surface area contributed by atoms with Crippen LogP contribution in [-0.2, 0) is 0 Å². The lowest BCUT2D eigenvalue weighted by atomic mass is 9.96. The number of rotatable bonds is 16. The van der Waals surface area contributed by atoms with E-state index in [-0.39, 0.29) is 46.7 Å². The molecule has 0 fully saturated rings. The SMILES string of the molecule is CC(C)c1cc(-c2ccc(O)cc2)ccc1OC(Oc1ccc(-c2ccc(O)cc2)cc1C(C)C)(Oc1ccc(-c2ccc(O)cc2)cc1C(C)C)Oc1ccc(-c2ccc(O)cc2)cc1C(C)C. The Hall–Kier alpha value is -7.84. The van der Waals surface area contributed by atoms with Crippen LogP contribution in [0, 0.1) is 0 Å². The van der Waals surface area contributed by atoms with E-state index in [4.69, 9.17) is 18.9 Å². The van der Waals surface area contributed by atoms with Gasteiger partial charge in [-0.3, -0.25) is 0 Å². The van der Waals surface area contributed by atoms with E-state index >= 15 is 0 Å². The standard InChI is InChI=1S/C61H60O8/c1-37(2)53-33-45(41-9-21-49(62)22-10-41)17-29-57(53)66-61(67-58-30-18-46(34-54(58)38(3)4)42-11-23-50(63)24-12-42,68-59-31-19-47(35-55(59)39(5)6)43-13-25-51(64)26-14-43)69-60-32-20-48(36-56(60)40(7)8)44-15-27-52(65)28-16-44/h9-40,62-65H,1-8H3. The topological polar surface area (TPSA) is 118 Å². The van der Waals surface area contributed by atoms with Crippen LogP contribution in [0.1, 0.15) is 101 Å². The average Bonchev–Trinajstić information content (AvgIpc) is 3.33. The number of benzene rings is 8. The van der Waals surface area contributed by atoms with Crippen LogP contribution in [0.3, 0.4) is 0 Å². The fraction of sp³-hybridized carbons (Fsp3) is 0.213. The lowest BCUT2D eigenvalue weighted by Gasteiger charge is -2.35. The summed E-state index contributed by atoms with van der Waals surface area (Å²) in [5.74, 6) is 2.50. The Morgan fingerprint density at radius 3 is 0.609 bits per heavy atom. The molecule has 8 rings (SSSR count). The van der Waals surface area contributed by atoms with E-state index in [2.05, 4.69) is 79.7 Å². The van der Waals surface area contributed by atoms with Crippen LogP contribution in [0.4, 0.5) is 0 Å². The molecule has 0 aliphatic carbocycles. The zero-order chi connectivity index (χ0) is 49.0. The van der Waals surface area contributed by atoms with E-state index < -0.39 is 6.16 Å². The van der Waals surface area contributed by atoms with Gasteiger partial charge in [0.05, 0.1) is 0 Å². The molecular formula is C61H60O8.